The van der Waals surface area contributed by atoms with E-state index in [9.17, 15) is 4.79 Å². The highest BCUT2D eigenvalue weighted by atomic mass is 16.5. The molecule has 4 rings (SSSR count). The molecule has 2 heteroatoms. The molecule has 0 saturated heterocycles. The minimum atomic E-state index is 0.307. The quantitative estimate of drug-likeness (QED) is 0.722. The Kier molecular flexibility index (Phi) is 3.75. The molecule has 0 aromatic heterocycles. The van der Waals surface area contributed by atoms with Gasteiger partial charge in [0.1, 0.15) is 0 Å². The average Bonchev–Trinajstić information content (AvgIpc) is 2.85. The fourth-order valence-electron chi connectivity index (χ4n) is 6.99. The third-order valence-electron chi connectivity index (χ3n) is 8.24. The van der Waals surface area contributed by atoms with Crippen molar-refractivity contribution in [1.29, 1.82) is 0 Å². The molecule has 0 aliphatic heterocycles. The molecule has 2 nitrogen and oxygen atoms in total. The van der Waals surface area contributed by atoms with Gasteiger partial charge in [0.2, 0.25) is 0 Å². The summed E-state index contributed by atoms with van der Waals surface area (Å²) in [6, 6.07) is 0. The highest BCUT2D eigenvalue weighted by Crippen LogP contribution is 2.65. The number of hydrogen-bond donors (Lipinski definition) is 0. The van der Waals surface area contributed by atoms with Gasteiger partial charge in [0.15, 0.2) is 5.78 Å². The molecular formula is C21H32O2. The van der Waals surface area contributed by atoms with Crippen LogP contribution in [0.15, 0.2) is 11.6 Å². The maximum absolute atomic E-state index is 11.9. The van der Waals surface area contributed by atoms with Crippen LogP contribution in [0.1, 0.15) is 72.1 Å². The van der Waals surface area contributed by atoms with E-state index in [0.29, 0.717) is 22.7 Å². The van der Waals surface area contributed by atoms with E-state index in [4.69, 9.17) is 4.74 Å². The predicted octanol–water partition coefficient (Wildman–Crippen LogP) is 4.92. The molecule has 0 bridgehead atoms. The monoisotopic (exact) mass is 316 g/mol. The lowest BCUT2D eigenvalue weighted by molar-refractivity contribution is -0.118. The van der Waals surface area contributed by atoms with Crippen molar-refractivity contribution in [2.45, 2.75) is 78.2 Å². The summed E-state index contributed by atoms with van der Waals surface area (Å²) in [5, 5.41) is 0. The lowest BCUT2D eigenvalue weighted by atomic mass is 9.47. The third kappa shape index (κ3) is 2.20. The number of carbonyl (C=O) groups excluding carboxylic acids is 1. The summed E-state index contributed by atoms with van der Waals surface area (Å²) < 4.78 is 6.14. The molecule has 3 fully saturated rings. The van der Waals surface area contributed by atoms with E-state index < -0.39 is 0 Å². The zero-order chi connectivity index (χ0) is 16.2. The van der Waals surface area contributed by atoms with Crippen molar-refractivity contribution >= 4 is 5.78 Å². The Balaban J connectivity index is 1.63. The molecule has 4 aliphatic carbocycles. The van der Waals surface area contributed by atoms with E-state index in [1.807, 2.05) is 6.08 Å². The zero-order valence-corrected chi connectivity index (χ0v) is 15.1. The molecule has 4 aliphatic rings. The molecule has 0 aromatic rings. The van der Waals surface area contributed by atoms with Crippen LogP contribution in [-0.2, 0) is 9.53 Å². The number of ketones is 1. The molecule has 3 saturated carbocycles. The average molecular weight is 316 g/mol. The first-order valence-corrected chi connectivity index (χ1v) is 9.84. The van der Waals surface area contributed by atoms with Gasteiger partial charge in [0.05, 0.1) is 6.10 Å². The number of rotatable bonds is 2. The Morgan fingerprint density at radius 3 is 2.70 bits per heavy atom. The minimum absolute atomic E-state index is 0.307. The summed E-state index contributed by atoms with van der Waals surface area (Å²) in [6.45, 7) is 7.98. The van der Waals surface area contributed by atoms with Gasteiger partial charge in [-0.15, -0.1) is 0 Å². The van der Waals surface area contributed by atoms with E-state index >= 15 is 0 Å². The lowest BCUT2D eigenvalue weighted by Crippen LogP contribution is -2.51. The van der Waals surface area contributed by atoms with Crippen molar-refractivity contribution in [3.05, 3.63) is 11.6 Å². The smallest absolute Gasteiger partial charge is 0.155 e. The normalized spacial score (nSPS) is 49.2. The van der Waals surface area contributed by atoms with Gasteiger partial charge in [-0.25, -0.2) is 0 Å². The van der Waals surface area contributed by atoms with Crippen LogP contribution < -0.4 is 0 Å². The summed E-state index contributed by atoms with van der Waals surface area (Å²) in [5.41, 5.74) is 2.19. The Morgan fingerprint density at radius 2 is 1.91 bits per heavy atom. The highest BCUT2D eigenvalue weighted by molar-refractivity contribution is 5.91. The van der Waals surface area contributed by atoms with Crippen LogP contribution in [0.5, 0.6) is 0 Å². The van der Waals surface area contributed by atoms with Gasteiger partial charge < -0.3 is 4.74 Å². The summed E-state index contributed by atoms with van der Waals surface area (Å²) in [5.74, 6) is 2.87. The Morgan fingerprint density at radius 1 is 1.09 bits per heavy atom. The second-order valence-electron chi connectivity index (χ2n) is 9.03. The molecule has 0 amide bonds. The van der Waals surface area contributed by atoms with E-state index in [0.717, 1.165) is 43.6 Å². The van der Waals surface area contributed by atoms with E-state index in [-0.39, 0.29) is 0 Å². The highest BCUT2D eigenvalue weighted by Gasteiger charge is 2.59. The fraction of sp³-hybridized carbons (Fsp3) is 0.857. The van der Waals surface area contributed by atoms with Gasteiger partial charge in [0, 0.05) is 13.0 Å². The minimum Gasteiger partial charge on any atom is -0.378 e. The molecule has 128 valence electrons. The van der Waals surface area contributed by atoms with Crippen LogP contribution in [0.25, 0.3) is 0 Å². The molecule has 0 aromatic carbocycles. The molecule has 0 radical (unpaired) electrons. The van der Waals surface area contributed by atoms with Crippen molar-refractivity contribution in [3.8, 4) is 0 Å². The molecular weight excluding hydrogens is 284 g/mol. The van der Waals surface area contributed by atoms with Crippen LogP contribution in [0, 0.1) is 28.6 Å². The third-order valence-corrected chi connectivity index (χ3v) is 8.24. The van der Waals surface area contributed by atoms with Crippen LogP contribution in [0.3, 0.4) is 0 Å². The van der Waals surface area contributed by atoms with Crippen LogP contribution in [0.4, 0.5) is 0 Å². The standard InChI is InChI=1S/C21H32O2/c1-4-23-19-8-7-17-16-6-5-14-13-15(22)9-11-20(14,2)18(16)10-12-21(17,19)3/h13,16-19H,4-12H2,1-3H3/t16?,17?,18?,19-,20-,21-/m0/s1. The van der Waals surface area contributed by atoms with Crippen molar-refractivity contribution < 1.29 is 9.53 Å². The maximum Gasteiger partial charge on any atom is 0.155 e. The Labute approximate surface area is 141 Å². The summed E-state index contributed by atoms with van der Waals surface area (Å²) >= 11 is 0. The van der Waals surface area contributed by atoms with Crippen LogP contribution in [0.2, 0.25) is 0 Å². The van der Waals surface area contributed by atoms with Gasteiger partial charge in [-0.3, -0.25) is 4.79 Å². The number of allylic oxidation sites excluding steroid dienone is 1. The van der Waals surface area contributed by atoms with E-state index in [2.05, 4.69) is 20.8 Å². The van der Waals surface area contributed by atoms with Crippen LogP contribution in [-0.4, -0.2) is 18.5 Å². The summed E-state index contributed by atoms with van der Waals surface area (Å²) in [6.07, 6.45) is 12.1. The van der Waals surface area contributed by atoms with Crippen molar-refractivity contribution in [3.63, 3.8) is 0 Å². The number of hydrogen-bond acceptors (Lipinski definition) is 2. The van der Waals surface area contributed by atoms with Gasteiger partial charge in [0.25, 0.3) is 0 Å². The number of carbonyl (C=O) groups is 1. The first-order valence-electron chi connectivity index (χ1n) is 9.84. The number of ether oxygens (including phenoxy) is 1. The molecule has 0 N–H and O–H groups in total. The van der Waals surface area contributed by atoms with Gasteiger partial charge in [-0.1, -0.05) is 19.4 Å². The first kappa shape index (κ1) is 15.9. The second-order valence-corrected chi connectivity index (χ2v) is 9.03. The lowest BCUT2D eigenvalue weighted by Gasteiger charge is -2.58. The predicted molar refractivity (Wildman–Crippen MR) is 92.1 cm³/mol. The SMILES string of the molecule is CCO[C@H]1CCC2C3CCC4=CC(=O)CC[C@]4(C)C3CC[C@@]21C. The van der Waals surface area contributed by atoms with Crippen molar-refractivity contribution in [2.24, 2.45) is 28.6 Å². The molecule has 3 unspecified atom stereocenters. The zero-order valence-electron chi connectivity index (χ0n) is 15.1. The van der Waals surface area contributed by atoms with Crippen LogP contribution >= 0.6 is 0 Å². The Hall–Kier alpha value is -0.630. The van der Waals surface area contributed by atoms with E-state index in [1.54, 1.807) is 0 Å². The van der Waals surface area contributed by atoms with Crippen molar-refractivity contribution in [1.82, 2.24) is 0 Å². The van der Waals surface area contributed by atoms with E-state index in [1.165, 1.54) is 37.7 Å². The topological polar surface area (TPSA) is 26.3 Å². The Bertz CT molecular complexity index is 536. The van der Waals surface area contributed by atoms with Gasteiger partial charge in [-0.2, -0.15) is 0 Å². The van der Waals surface area contributed by atoms with Gasteiger partial charge in [-0.05, 0) is 86.5 Å². The van der Waals surface area contributed by atoms with Crippen molar-refractivity contribution in [2.75, 3.05) is 6.61 Å². The summed E-state index contributed by atoms with van der Waals surface area (Å²) in [4.78, 5) is 11.9. The largest absolute Gasteiger partial charge is 0.378 e. The molecule has 0 heterocycles. The maximum atomic E-state index is 11.9. The first-order chi connectivity index (χ1) is 11.0. The molecule has 23 heavy (non-hydrogen) atoms. The molecule has 6 atom stereocenters. The molecule has 0 spiro atoms. The second kappa shape index (κ2) is 5.44. The summed E-state index contributed by atoms with van der Waals surface area (Å²) in [7, 11) is 0. The fourth-order valence-corrected chi connectivity index (χ4v) is 6.99. The van der Waals surface area contributed by atoms with Gasteiger partial charge >= 0.3 is 0 Å². The number of fused-ring (bicyclic) bond motifs is 5.